The quantitative estimate of drug-likeness (QED) is 0.731. The van der Waals surface area contributed by atoms with Crippen molar-refractivity contribution < 1.29 is 5.11 Å². The number of aliphatic hydroxyl groups is 1. The number of nitrogens with two attached hydrogens (primary N) is 1. The molecule has 3 N–H and O–H groups in total. The maximum atomic E-state index is 9.91. The fourth-order valence-corrected chi connectivity index (χ4v) is 2.99. The zero-order valence-corrected chi connectivity index (χ0v) is 11.3. The summed E-state index contributed by atoms with van der Waals surface area (Å²) in [6.07, 6.45) is 0.0199. The molecule has 2 aromatic rings. The number of benzene rings is 2. The van der Waals surface area contributed by atoms with Crippen LogP contribution in [0.15, 0.2) is 36.4 Å². The average molecular weight is 284 g/mol. The molecule has 18 heavy (non-hydrogen) atoms. The SMILES string of the molecule is Cl.NC1Cc2c(ccc3ccccc23)C(Cl)C1O. The molecule has 3 atom stereocenters. The van der Waals surface area contributed by atoms with Crippen LogP contribution in [0.1, 0.15) is 16.5 Å². The summed E-state index contributed by atoms with van der Waals surface area (Å²) < 4.78 is 0. The molecule has 4 heteroatoms. The Morgan fingerprint density at radius 3 is 2.67 bits per heavy atom. The van der Waals surface area contributed by atoms with E-state index in [0.29, 0.717) is 6.42 Å². The van der Waals surface area contributed by atoms with Crippen molar-refractivity contribution in [1.82, 2.24) is 0 Å². The third-order valence-corrected chi connectivity index (χ3v) is 4.05. The summed E-state index contributed by atoms with van der Waals surface area (Å²) in [4.78, 5) is 0. The summed E-state index contributed by atoms with van der Waals surface area (Å²) in [5.41, 5.74) is 8.13. The minimum atomic E-state index is -0.662. The molecule has 2 aromatic carbocycles. The molecule has 0 radical (unpaired) electrons. The normalized spacial score (nSPS) is 26.5. The molecular weight excluding hydrogens is 269 g/mol. The van der Waals surface area contributed by atoms with Crippen LogP contribution in [-0.2, 0) is 6.42 Å². The van der Waals surface area contributed by atoms with Gasteiger partial charge in [0.1, 0.15) is 0 Å². The van der Waals surface area contributed by atoms with Gasteiger partial charge in [-0.1, -0.05) is 36.4 Å². The fourth-order valence-electron chi connectivity index (χ4n) is 2.60. The van der Waals surface area contributed by atoms with Gasteiger partial charge in [-0.2, -0.15) is 0 Å². The van der Waals surface area contributed by atoms with Gasteiger partial charge in [-0.3, -0.25) is 0 Å². The first-order valence-electron chi connectivity index (χ1n) is 5.76. The number of fused-ring (bicyclic) bond motifs is 3. The highest BCUT2D eigenvalue weighted by Gasteiger charge is 2.32. The van der Waals surface area contributed by atoms with Crippen molar-refractivity contribution in [3.63, 3.8) is 0 Å². The van der Waals surface area contributed by atoms with Gasteiger partial charge < -0.3 is 10.8 Å². The molecule has 0 heterocycles. The third kappa shape index (κ3) is 1.99. The van der Waals surface area contributed by atoms with Gasteiger partial charge in [0, 0.05) is 6.04 Å². The van der Waals surface area contributed by atoms with Gasteiger partial charge in [0.25, 0.3) is 0 Å². The Morgan fingerprint density at radius 2 is 1.89 bits per heavy atom. The number of hydrogen-bond acceptors (Lipinski definition) is 2. The zero-order valence-electron chi connectivity index (χ0n) is 9.71. The predicted molar refractivity (Wildman–Crippen MR) is 77.5 cm³/mol. The van der Waals surface area contributed by atoms with Gasteiger partial charge in [0.05, 0.1) is 11.5 Å². The van der Waals surface area contributed by atoms with Gasteiger partial charge in [0.2, 0.25) is 0 Å². The van der Waals surface area contributed by atoms with Crippen LogP contribution in [0.3, 0.4) is 0 Å². The van der Waals surface area contributed by atoms with Gasteiger partial charge in [-0.15, -0.1) is 24.0 Å². The molecule has 2 nitrogen and oxygen atoms in total. The highest BCUT2D eigenvalue weighted by molar-refractivity contribution is 6.21. The van der Waals surface area contributed by atoms with Crippen molar-refractivity contribution in [2.24, 2.45) is 5.73 Å². The number of rotatable bonds is 0. The Bertz CT molecular complexity index is 573. The zero-order chi connectivity index (χ0) is 12.0. The number of halogens is 2. The summed E-state index contributed by atoms with van der Waals surface area (Å²) in [6.45, 7) is 0. The van der Waals surface area contributed by atoms with Crippen LogP contribution in [0, 0.1) is 0 Å². The molecule has 0 amide bonds. The second kappa shape index (κ2) is 5.06. The molecule has 3 rings (SSSR count). The molecule has 0 bridgehead atoms. The smallest absolute Gasteiger partial charge is 0.0898 e. The van der Waals surface area contributed by atoms with E-state index in [1.807, 2.05) is 24.3 Å². The first-order valence-corrected chi connectivity index (χ1v) is 6.20. The van der Waals surface area contributed by atoms with Gasteiger partial charge in [0.15, 0.2) is 0 Å². The highest BCUT2D eigenvalue weighted by Crippen LogP contribution is 2.37. The van der Waals surface area contributed by atoms with Crippen molar-refractivity contribution in [3.05, 3.63) is 47.5 Å². The summed E-state index contributed by atoms with van der Waals surface area (Å²) >= 11 is 6.26. The van der Waals surface area contributed by atoms with Crippen molar-refractivity contribution in [3.8, 4) is 0 Å². The van der Waals surface area contributed by atoms with Crippen LogP contribution < -0.4 is 5.73 Å². The standard InChI is InChI=1S/C14H14ClNO.ClH/c15-13-10-6-5-8-3-1-2-4-9(8)11(10)7-12(16)14(13)17;/h1-6,12-14,17H,7,16H2;1H. The molecule has 0 fully saturated rings. The summed E-state index contributed by atoms with van der Waals surface area (Å²) in [6, 6.07) is 12.0. The maximum Gasteiger partial charge on any atom is 0.0898 e. The minimum Gasteiger partial charge on any atom is -0.390 e. The van der Waals surface area contributed by atoms with E-state index in [4.69, 9.17) is 17.3 Å². The van der Waals surface area contributed by atoms with Gasteiger partial charge >= 0.3 is 0 Å². The molecule has 0 saturated heterocycles. The van der Waals surface area contributed by atoms with E-state index in [1.165, 1.54) is 16.3 Å². The monoisotopic (exact) mass is 283 g/mol. The number of hydrogen-bond donors (Lipinski definition) is 2. The molecule has 96 valence electrons. The van der Waals surface area contributed by atoms with Crippen LogP contribution in [0.4, 0.5) is 0 Å². The van der Waals surface area contributed by atoms with Crippen molar-refractivity contribution in [2.45, 2.75) is 23.9 Å². The summed E-state index contributed by atoms with van der Waals surface area (Å²) in [5, 5.41) is 11.9. The topological polar surface area (TPSA) is 46.2 Å². The highest BCUT2D eigenvalue weighted by atomic mass is 35.5. The van der Waals surface area contributed by atoms with E-state index >= 15 is 0 Å². The second-order valence-corrected chi connectivity index (χ2v) is 5.09. The Hall–Kier alpha value is -0.800. The fraction of sp³-hybridized carbons (Fsp3) is 0.286. The minimum absolute atomic E-state index is 0. The second-order valence-electron chi connectivity index (χ2n) is 4.61. The first-order chi connectivity index (χ1) is 8.18. The molecule has 3 unspecified atom stereocenters. The van der Waals surface area contributed by atoms with Crippen LogP contribution in [0.25, 0.3) is 10.8 Å². The van der Waals surface area contributed by atoms with Crippen LogP contribution >= 0.6 is 24.0 Å². The van der Waals surface area contributed by atoms with Gasteiger partial charge in [-0.25, -0.2) is 0 Å². The van der Waals surface area contributed by atoms with Crippen LogP contribution in [0.5, 0.6) is 0 Å². The van der Waals surface area contributed by atoms with Crippen molar-refractivity contribution >= 4 is 34.8 Å². The Balaban J connectivity index is 0.00000120. The van der Waals surface area contributed by atoms with E-state index in [2.05, 4.69) is 12.1 Å². The number of aliphatic hydroxyl groups excluding tert-OH is 1. The Kier molecular flexibility index (Phi) is 3.83. The maximum absolute atomic E-state index is 9.91. The average Bonchev–Trinajstić information content (AvgIpc) is 2.36. The molecule has 0 aromatic heterocycles. The lowest BCUT2D eigenvalue weighted by atomic mass is 9.83. The lowest BCUT2D eigenvalue weighted by Crippen LogP contribution is -2.42. The molecule has 0 aliphatic heterocycles. The first kappa shape index (κ1) is 13.6. The van der Waals surface area contributed by atoms with Crippen molar-refractivity contribution in [1.29, 1.82) is 0 Å². The van der Waals surface area contributed by atoms with Gasteiger partial charge in [-0.05, 0) is 28.3 Å². The molecule has 0 saturated carbocycles. The van der Waals surface area contributed by atoms with Crippen LogP contribution in [0.2, 0.25) is 0 Å². The molecule has 1 aliphatic carbocycles. The Labute approximate surface area is 117 Å². The van der Waals surface area contributed by atoms with E-state index in [9.17, 15) is 5.11 Å². The summed E-state index contributed by atoms with van der Waals surface area (Å²) in [7, 11) is 0. The predicted octanol–water partition coefficient (Wildman–Crippen LogP) is 2.79. The number of alkyl halides is 1. The molecule has 1 aliphatic rings. The van der Waals surface area contributed by atoms with E-state index in [-0.39, 0.29) is 18.4 Å². The largest absolute Gasteiger partial charge is 0.390 e. The van der Waals surface area contributed by atoms with E-state index in [0.717, 1.165) is 5.56 Å². The van der Waals surface area contributed by atoms with E-state index < -0.39 is 11.5 Å². The van der Waals surface area contributed by atoms with Crippen LogP contribution in [-0.4, -0.2) is 17.3 Å². The lowest BCUT2D eigenvalue weighted by Gasteiger charge is -2.32. The van der Waals surface area contributed by atoms with Crippen molar-refractivity contribution in [2.75, 3.05) is 0 Å². The molecule has 0 spiro atoms. The lowest BCUT2D eigenvalue weighted by molar-refractivity contribution is 0.132. The van der Waals surface area contributed by atoms with E-state index in [1.54, 1.807) is 0 Å². The summed E-state index contributed by atoms with van der Waals surface area (Å²) in [5.74, 6) is 0. The Morgan fingerprint density at radius 1 is 1.17 bits per heavy atom. The third-order valence-electron chi connectivity index (χ3n) is 3.55. The molecular formula is C14H15Cl2NO.